The van der Waals surface area contributed by atoms with Gasteiger partial charge in [-0.15, -0.1) is 0 Å². The largest absolute Gasteiger partial charge is 0.496 e. The molecule has 0 saturated heterocycles. The van der Waals surface area contributed by atoms with Crippen molar-refractivity contribution in [1.29, 1.82) is 0 Å². The third-order valence-corrected chi connectivity index (χ3v) is 9.64. The Morgan fingerprint density at radius 2 is 1.45 bits per heavy atom. The summed E-state index contributed by atoms with van der Waals surface area (Å²) in [7, 11) is 1.63. The summed E-state index contributed by atoms with van der Waals surface area (Å²) in [6.07, 6.45) is 2.26. The maximum atomic E-state index is 13.5. The van der Waals surface area contributed by atoms with Crippen molar-refractivity contribution in [1.82, 2.24) is 35.2 Å². The molecule has 1 aliphatic carbocycles. The number of rotatable bonds is 30. The SMILES string of the molecule is CCn1nc(C2CC2)cc1Nc1nc(C(=O)NCCOCCOCCOCCOCCOCCOCCOCCN)nc2[nH]c3cc(-c4c(C)noc4C)c(OC)cc3c12. The van der Waals surface area contributed by atoms with Crippen LogP contribution in [0.1, 0.15) is 53.5 Å². The molecule has 19 nitrogen and oxygen atoms in total. The van der Waals surface area contributed by atoms with E-state index >= 15 is 0 Å². The number of aromatic nitrogens is 6. The third kappa shape index (κ3) is 12.4. The second kappa shape index (κ2) is 23.3. The average molecular weight is 838 g/mol. The van der Waals surface area contributed by atoms with Crippen LogP contribution in [-0.4, -0.2) is 148 Å². The van der Waals surface area contributed by atoms with Gasteiger partial charge in [0, 0.05) is 48.1 Å². The van der Waals surface area contributed by atoms with Gasteiger partial charge in [0.05, 0.1) is 122 Å². The molecule has 1 fully saturated rings. The second-order valence-corrected chi connectivity index (χ2v) is 14.0. The minimum atomic E-state index is -0.436. The van der Waals surface area contributed by atoms with Gasteiger partial charge >= 0.3 is 0 Å². The highest BCUT2D eigenvalue weighted by Crippen LogP contribution is 2.42. The fraction of sp³-hybridized carbons (Fsp3) is 0.585. The molecule has 4 aromatic heterocycles. The molecule has 0 unspecified atom stereocenters. The Labute approximate surface area is 349 Å². The summed E-state index contributed by atoms with van der Waals surface area (Å²) in [6, 6.07) is 6.00. The van der Waals surface area contributed by atoms with E-state index in [0.717, 1.165) is 52.1 Å². The molecule has 1 aromatic carbocycles. The first kappa shape index (κ1) is 44.8. The van der Waals surface area contributed by atoms with Crippen molar-refractivity contribution in [2.45, 2.75) is 46.1 Å². The highest BCUT2D eigenvalue weighted by Gasteiger charge is 2.28. The molecular weight excluding hydrogens is 779 g/mol. The van der Waals surface area contributed by atoms with E-state index in [1.54, 1.807) is 7.11 Å². The van der Waals surface area contributed by atoms with Crippen molar-refractivity contribution >= 4 is 39.5 Å². The Morgan fingerprint density at radius 1 is 0.850 bits per heavy atom. The van der Waals surface area contributed by atoms with E-state index in [9.17, 15) is 4.79 Å². The van der Waals surface area contributed by atoms with Gasteiger partial charge in [-0.05, 0) is 45.7 Å². The minimum absolute atomic E-state index is 0.00343. The number of nitrogens with zero attached hydrogens (tertiary/aromatic N) is 5. The number of nitrogens with two attached hydrogens (primary N) is 1. The number of benzene rings is 1. The number of amides is 1. The van der Waals surface area contributed by atoms with E-state index in [0.29, 0.717) is 133 Å². The molecule has 1 amide bonds. The standard InChI is InChI=1S/C41H59N9O10/c1-5-50-35(26-32(48-50)29-6-7-29)45-39-37-30-25-34(52-4)31(36-27(2)49-60-28(36)3)24-33(30)44-38(37)46-40(47-39)41(51)43-9-11-54-13-15-56-17-19-58-21-23-59-22-20-57-18-16-55-14-12-53-10-8-42/h24-26,29H,5-23,42H2,1-4H3,(H,43,51)(H2,44,45,46,47). The van der Waals surface area contributed by atoms with Crippen LogP contribution in [0.25, 0.3) is 33.1 Å². The van der Waals surface area contributed by atoms with E-state index in [-0.39, 0.29) is 19.0 Å². The lowest BCUT2D eigenvalue weighted by molar-refractivity contribution is -0.0201. The summed E-state index contributed by atoms with van der Waals surface area (Å²) < 4.78 is 51.7. The van der Waals surface area contributed by atoms with Crippen molar-refractivity contribution < 1.29 is 47.2 Å². The van der Waals surface area contributed by atoms with Gasteiger partial charge in [-0.2, -0.15) is 5.10 Å². The Balaban J connectivity index is 0.948. The highest BCUT2D eigenvalue weighted by atomic mass is 16.6. The number of carbonyl (C=O) groups excluding carboxylic acids is 1. The Kier molecular flexibility index (Phi) is 17.4. The normalized spacial score (nSPS) is 12.9. The van der Waals surface area contributed by atoms with Crippen LogP contribution in [0, 0.1) is 13.8 Å². The van der Waals surface area contributed by atoms with Crippen molar-refractivity contribution in [2.75, 3.05) is 118 Å². The summed E-state index contributed by atoms with van der Waals surface area (Å²) in [4.78, 5) is 26.4. The molecule has 0 aliphatic heterocycles. The summed E-state index contributed by atoms with van der Waals surface area (Å²) in [5, 5.41) is 16.9. The van der Waals surface area contributed by atoms with Crippen LogP contribution in [0.5, 0.6) is 5.75 Å². The number of H-pyrrole nitrogens is 1. The van der Waals surface area contributed by atoms with Gasteiger partial charge < -0.3 is 63.8 Å². The van der Waals surface area contributed by atoms with E-state index in [2.05, 4.69) is 31.8 Å². The van der Waals surface area contributed by atoms with Gasteiger partial charge in [0.25, 0.3) is 5.91 Å². The molecule has 6 rings (SSSR count). The van der Waals surface area contributed by atoms with Gasteiger partial charge in [-0.1, -0.05) is 5.16 Å². The number of carbonyl (C=O) groups is 1. The van der Waals surface area contributed by atoms with E-state index in [1.165, 1.54) is 0 Å². The van der Waals surface area contributed by atoms with Crippen LogP contribution >= 0.6 is 0 Å². The van der Waals surface area contributed by atoms with Crippen LogP contribution in [-0.2, 0) is 39.7 Å². The van der Waals surface area contributed by atoms with Crippen LogP contribution < -0.4 is 21.1 Å². The highest BCUT2D eigenvalue weighted by molar-refractivity contribution is 6.14. The Morgan fingerprint density at radius 3 is 1.98 bits per heavy atom. The predicted molar refractivity (Wildman–Crippen MR) is 223 cm³/mol. The number of aromatic amines is 1. The van der Waals surface area contributed by atoms with Gasteiger partial charge in [0.2, 0.25) is 5.82 Å². The zero-order chi connectivity index (χ0) is 42.1. The van der Waals surface area contributed by atoms with E-state index in [4.69, 9.17) is 58.2 Å². The number of aryl methyl sites for hydroxylation is 3. The Bertz CT molecular complexity index is 2080. The van der Waals surface area contributed by atoms with Gasteiger partial charge in [-0.25, -0.2) is 14.6 Å². The minimum Gasteiger partial charge on any atom is -0.496 e. The second-order valence-electron chi connectivity index (χ2n) is 14.0. The quantitative estimate of drug-likeness (QED) is 0.0479. The summed E-state index contributed by atoms with van der Waals surface area (Å²) in [5.41, 5.74) is 10.1. The lowest BCUT2D eigenvalue weighted by atomic mass is 10.0. The molecular formula is C41H59N9O10. The molecule has 1 aliphatic rings. The molecule has 0 atom stereocenters. The Hall–Kier alpha value is -4.73. The summed E-state index contributed by atoms with van der Waals surface area (Å²) in [5.74, 6) is 2.61. The maximum Gasteiger partial charge on any atom is 0.289 e. The van der Waals surface area contributed by atoms with Crippen LogP contribution in [0.3, 0.4) is 0 Å². The molecule has 5 N–H and O–H groups in total. The van der Waals surface area contributed by atoms with Crippen molar-refractivity contribution in [3.05, 3.63) is 41.2 Å². The number of hydrogen-bond donors (Lipinski definition) is 4. The van der Waals surface area contributed by atoms with Crippen LogP contribution in [0.15, 0.2) is 22.7 Å². The molecule has 5 aromatic rings. The lowest BCUT2D eigenvalue weighted by Crippen LogP contribution is -2.29. The smallest absolute Gasteiger partial charge is 0.289 e. The molecule has 0 radical (unpaired) electrons. The van der Waals surface area contributed by atoms with E-state index < -0.39 is 5.91 Å². The lowest BCUT2D eigenvalue weighted by Gasteiger charge is -2.12. The number of methoxy groups -OCH3 is 1. The molecule has 328 valence electrons. The zero-order valence-corrected chi connectivity index (χ0v) is 35.1. The fourth-order valence-corrected chi connectivity index (χ4v) is 6.55. The average Bonchev–Trinajstić information content (AvgIpc) is 3.80. The van der Waals surface area contributed by atoms with Gasteiger partial charge in [0.15, 0.2) is 0 Å². The topological polar surface area (TPSA) is 226 Å². The maximum absolute atomic E-state index is 13.5. The predicted octanol–water partition coefficient (Wildman–Crippen LogP) is 4.03. The number of anilines is 2. The van der Waals surface area contributed by atoms with Crippen LogP contribution in [0.4, 0.5) is 11.6 Å². The summed E-state index contributed by atoms with van der Waals surface area (Å²) >= 11 is 0. The van der Waals surface area contributed by atoms with Crippen molar-refractivity contribution in [2.24, 2.45) is 5.73 Å². The first-order valence-electron chi connectivity index (χ1n) is 20.6. The first-order chi connectivity index (χ1) is 29.4. The zero-order valence-electron chi connectivity index (χ0n) is 35.1. The number of nitrogens with one attached hydrogen (secondary N) is 3. The van der Waals surface area contributed by atoms with Crippen molar-refractivity contribution in [3.8, 4) is 16.9 Å². The van der Waals surface area contributed by atoms with Crippen LogP contribution in [0.2, 0.25) is 0 Å². The number of fused-ring (bicyclic) bond motifs is 3. The molecule has 0 bridgehead atoms. The molecule has 60 heavy (non-hydrogen) atoms. The molecule has 1 saturated carbocycles. The third-order valence-electron chi connectivity index (χ3n) is 9.64. The summed E-state index contributed by atoms with van der Waals surface area (Å²) in [6.45, 7) is 13.7. The van der Waals surface area contributed by atoms with Crippen molar-refractivity contribution in [3.63, 3.8) is 0 Å². The first-order valence-corrected chi connectivity index (χ1v) is 20.6. The van der Waals surface area contributed by atoms with Gasteiger partial charge in [-0.3, -0.25) is 4.79 Å². The molecule has 19 heteroatoms. The monoisotopic (exact) mass is 837 g/mol. The van der Waals surface area contributed by atoms with Gasteiger partial charge in [0.1, 0.15) is 28.8 Å². The number of ether oxygens (including phenoxy) is 8. The molecule has 0 spiro atoms. The molecule has 4 heterocycles. The fourth-order valence-electron chi connectivity index (χ4n) is 6.55. The number of hydrogen-bond acceptors (Lipinski definition) is 16. The van der Waals surface area contributed by atoms with E-state index in [1.807, 2.05) is 37.6 Å².